The van der Waals surface area contributed by atoms with Crippen LogP contribution in [0, 0.1) is 5.41 Å². The lowest BCUT2D eigenvalue weighted by molar-refractivity contribution is -0.312. The van der Waals surface area contributed by atoms with Gasteiger partial charge in [0.15, 0.2) is 0 Å². The van der Waals surface area contributed by atoms with Crippen molar-refractivity contribution < 1.29 is 9.90 Å². The molecular formula is C21H44ClNO2. The fourth-order valence-electron chi connectivity index (χ4n) is 3.10. The summed E-state index contributed by atoms with van der Waals surface area (Å²) in [5, 5.41) is 11.2. The van der Waals surface area contributed by atoms with Gasteiger partial charge in [-0.05, 0) is 18.8 Å². The quantitative estimate of drug-likeness (QED) is 0.242. The van der Waals surface area contributed by atoms with E-state index in [1.807, 2.05) is 13.8 Å². The highest BCUT2D eigenvalue weighted by Gasteiger charge is 2.40. The molecule has 0 aromatic heterocycles. The molecule has 0 rings (SSSR count). The van der Waals surface area contributed by atoms with Gasteiger partial charge in [0.2, 0.25) is 0 Å². The molecule has 0 heterocycles. The molecule has 0 fully saturated rings. The first-order valence-corrected chi connectivity index (χ1v) is 10.5. The van der Waals surface area contributed by atoms with Crippen LogP contribution in [0.25, 0.3) is 0 Å². The van der Waals surface area contributed by atoms with Crippen molar-refractivity contribution in [1.29, 1.82) is 0 Å². The maximum Gasteiger partial charge on any atom is 0.0861 e. The highest BCUT2D eigenvalue weighted by molar-refractivity contribution is 6.33. The number of aliphatic carboxylic acids is 1. The molecule has 1 atom stereocenters. The number of rotatable bonds is 16. The van der Waals surface area contributed by atoms with Crippen molar-refractivity contribution in [1.82, 2.24) is 6.15 Å². The molecule has 0 saturated carbocycles. The Morgan fingerprint density at radius 2 is 1.08 bits per heavy atom. The van der Waals surface area contributed by atoms with Crippen molar-refractivity contribution in [2.24, 2.45) is 5.41 Å². The topological polar surface area (TPSA) is 76.6 Å². The molecule has 0 aliphatic carbocycles. The van der Waals surface area contributed by atoms with Crippen LogP contribution in [-0.4, -0.2) is 10.8 Å². The molecule has 0 aliphatic rings. The van der Waals surface area contributed by atoms with Gasteiger partial charge in [0.25, 0.3) is 0 Å². The molecule has 0 aromatic carbocycles. The first kappa shape index (κ1) is 26.9. The average molecular weight is 378 g/mol. The average Bonchev–Trinajstić information content (AvgIpc) is 2.51. The molecular weight excluding hydrogens is 334 g/mol. The maximum absolute atomic E-state index is 11.2. The third-order valence-electron chi connectivity index (χ3n) is 5.56. The molecule has 0 amide bonds. The van der Waals surface area contributed by atoms with Crippen LogP contribution in [0.3, 0.4) is 0 Å². The molecule has 1 unspecified atom stereocenters. The second-order valence-corrected chi connectivity index (χ2v) is 8.92. The van der Waals surface area contributed by atoms with Gasteiger partial charge in [-0.25, -0.2) is 0 Å². The zero-order valence-electron chi connectivity index (χ0n) is 17.6. The van der Waals surface area contributed by atoms with Crippen LogP contribution in [0.1, 0.15) is 118 Å². The molecule has 0 spiro atoms. The second-order valence-electron chi connectivity index (χ2n) is 8.17. The van der Waals surface area contributed by atoms with E-state index in [1.54, 1.807) is 6.92 Å². The number of hydrogen-bond acceptors (Lipinski definition) is 2. The van der Waals surface area contributed by atoms with Crippen LogP contribution in [0.5, 0.6) is 0 Å². The number of halogens is 1. The predicted octanol–water partition coefficient (Wildman–Crippen LogP) is 6.62. The summed E-state index contributed by atoms with van der Waals surface area (Å²) in [5.41, 5.74) is -0.439. The Labute approximate surface area is 161 Å². The zero-order chi connectivity index (χ0) is 18.5. The van der Waals surface area contributed by atoms with E-state index in [4.69, 9.17) is 11.6 Å². The van der Waals surface area contributed by atoms with Crippen molar-refractivity contribution in [2.45, 2.75) is 122 Å². The van der Waals surface area contributed by atoms with Gasteiger partial charge in [-0.2, -0.15) is 0 Å². The molecule has 4 N–H and O–H groups in total. The third kappa shape index (κ3) is 11.9. The highest BCUT2D eigenvalue weighted by atomic mass is 35.5. The predicted molar refractivity (Wildman–Crippen MR) is 109 cm³/mol. The molecule has 152 valence electrons. The summed E-state index contributed by atoms with van der Waals surface area (Å²) in [7, 11) is 0. The number of unbranched alkanes of at least 4 members (excludes halogenated alkanes) is 12. The van der Waals surface area contributed by atoms with Gasteiger partial charge in [-0.3, -0.25) is 0 Å². The smallest absolute Gasteiger partial charge is 0.0861 e. The fourth-order valence-corrected chi connectivity index (χ4v) is 3.19. The van der Waals surface area contributed by atoms with E-state index in [1.165, 1.54) is 77.0 Å². The van der Waals surface area contributed by atoms with Gasteiger partial charge >= 0.3 is 0 Å². The van der Waals surface area contributed by atoms with Gasteiger partial charge in [-0.1, -0.05) is 104 Å². The van der Waals surface area contributed by atoms with E-state index >= 15 is 0 Å². The van der Waals surface area contributed by atoms with Gasteiger partial charge in [-0.15, -0.1) is 11.6 Å². The lowest BCUT2D eigenvalue weighted by Gasteiger charge is -2.40. The Morgan fingerprint density at radius 3 is 1.40 bits per heavy atom. The van der Waals surface area contributed by atoms with Crippen molar-refractivity contribution in [3.05, 3.63) is 0 Å². The lowest BCUT2D eigenvalue weighted by Crippen LogP contribution is -2.51. The van der Waals surface area contributed by atoms with Crippen LogP contribution in [0.4, 0.5) is 0 Å². The molecule has 0 aliphatic heterocycles. The van der Waals surface area contributed by atoms with E-state index < -0.39 is 16.3 Å². The summed E-state index contributed by atoms with van der Waals surface area (Å²) in [6.45, 7) is 7.68. The van der Waals surface area contributed by atoms with E-state index in [0.29, 0.717) is 0 Å². The van der Waals surface area contributed by atoms with Crippen molar-refractivity contribution in [2.75, 3.05) is 0 Å². The summed E-state index contributed by atoms with van der Waals surface area (Å²) in [4.78, 5) is 9.87. The van der Waals surface area contributed by atoms with Crippen molar-refractivity contribution >= 4 is 17.6 Å². The number of carbonyl (C=O) groups excluding carboxylic acids is 1. The Hall–Kier alpha value is -0.280. The SMILES string of the molecule is CCCCCCCCCCCCCCCC(C)(C)C(C)(Cl)C(=O)[O-].[NH4+]. The number of quaternary nitrogens is 1. The first-order valence-electron chi connectivity index (χ1n) is 10.2. The Morgan fingerprint density at radius 1 is 0.760 bits per heavy atom. The van der Waals surface area contributed by atoms with Crippen LogP contribution >= 0.6 is 11.6 Å². The minimum atomic E-state index is -1.29. The summed E-state index contributed by atoms with van der Waals surface area (Å²) in [6.07, 6.45) is 18.0. The summed E-state index contributed by atoms with van der Waals surface area (Å²) >= 11 is 6.15. The monoisotopic (exact) mass is 377 g/mol. The number of carbonyl (C=O) groups is 1. The number of hydrogen-bond donors (Lipinski definition) is 1. The summed E-state index contributed by atoms with van der Waals surface area (Å²) < 4.78 is 0. The van der Waals surface area contributed by atoms with Crippen molar-refractivity contribution in [3.63, 3.8) is 0 Å². The van der Waals surface area contributed by atoms with E-state index in [2.05, 4.69) is 6.92 Å². The van der Waals surface area contributed by atoms with E-state index in [9.17, 15) is 9.90 Å². The molecule has 0 bridgehead atoms. The Bertz CT molecular complexity index is 330. The third-order valence-corrected chi connectivity index (χ3v) is 6.23. The number of carboxylic acids is 1. The number of alkyl halides is 1. The minimum absolute atomic E-state index is 0. The molecule has 25 heavy (non-hydrogen) atoms. The molecule has 4 heteroatoms. The second kappa shape index (κ2) is 14.8. The van der Waals surface area contributed by atoms with Crippen LogP contribution in [0.15, 0.2) is 0 Å². The van der Waals surface area contributed by atoms with Crippen molar-refractivity contribution in [3.8, 4) is 0 Å². The minimum Gasteiger partial charge on any atom is -0.548 e. The van der Waals surface area contributed by atoms with Gasteiger partial charge < -0.3 is 16.1 Å². The zero-order valence-corrected chi connectivity index (χ0v) is 18.3. The Balaban J connectivity index is 0. The van der Waals surface area contributed by atoms with E-state index in [-0.39, 0.29) is 6.15 Å². The largest absolute Gasteiger partial charge is 0.548 e. The molecule has 0 aromatic rings. The van der Waals surface area contributed by atoms with Gasteiger partial charge in [0.1, 0.15) is 0 Å². The summed E-state index contributed by atoms with van der Waals surface area (Å²) in [6, 6.07) is 0. The lowest BCUT2D eigenvalue weighted by atomic mass is 9.75. The van der Waals surface area contributed by atoms with Gasteiger partial charge in [0, 0.05) is 0 Å². The van der Waals surface area contributed by atoms with Crippen LogP contribution in [0.2, 0.25) is 0 Å². The van der Waals surface area contributed by atoms with Gasteiger partial charge in [0.05, 0.1) is 10.8 Å². The highest BCUT2D eigenvalue weighted by Crippen LogP contribution is 2.40. The molecule has 3 nitrogen and oxygen atoms in total. The standard InChI is InChI=1S/C21H41ClO2.H3N/c1-5-6-7-8-9-10-11-12-13-14-15-16-17-18-20(2,3)21(4,22)19(23)24;/h5-18H2,1-4H3,(H,23,24);1H3. The maximum atomic E-state index is 11.2. The first-order chi connectivity index (χ1) is 11.3. The molecule has 0 saturated heterocycles. The normalized spacial score (nSPS) is 14.0. The summed E-state index contributed by atoms with van der Waals surface area (Å²) in [5.74, 6) is -1.16. The van der Waals surface area contributed by atoms with Crippen LogP contribution in [-0.2, 0) is 4.79 Å². The fraction of sp³-hybridized carbons (Fsp3) is 0.952. The molecule has 0 radical (unpaired) electrons. The van der Waals surface area contributed by atoms with Crippen LogP contribution < -0.4 is 11.3 Å². The van der Waals surface area contributed by atoms with E-state index in [0.717, 1.165) is 12.8 Å². The Kier molecular flexibility index (Phi) is 16.0. The number of carboxylic acid groups (broad SMARTS) is 1.